The van der Waals surface area contributed by atoms with Gasteiger partial charge in [-0.15, -0.1) is 0 Å². The molecule has 5 heteroatoms. The molecule has 0 aliphatic rings. The van der Waals surface area contributed by atoms with Crippen molar-refractivity contribution in [2.75, 3.05) is 11.4 Å². The van der Waals surface area contributed by atoms with Crippen LogP contribution in [0.3, 0.4) is 0 Å². The number of hydrogen-bond acceptors (Lipinski definition) is 3. The molecule has 1 heterocycles. The Morgan fingerprint density at radius 1 is 1.04 bits per heavy atom. The summed E-state index contributed by atoms with van der Waals surface area (Å²) >= 11 is 6.05. The third-order valence-corrected chi connectivity index (χ3v) is 3.97. The average molecular weight is 355 g/mol. The first-order valence-corrected chi connectivity index (χ1v) is 8.19. The van der Waals surface area contributed by atoms with Crippen molar-refractivity contribution in [2.24, 2.45) is 0 Å². The summed E-state index contributed by atoms with van der Waals surface area (Å²) in [7, 11) is 0. The Kier molecular flexibility index (Phi) is 5.41. The van der Waals surface area contributed by atoms with Crippen LogP contribution in [0.2, 0.25) is 5.02 Å². The lowest BCUT2D eigenvalue weighted by molar-refractivity contribution is 0.0998. The minimum atomic E-state index is -0.364. The Morgan fingerprint density at radius 3 is 2.52 bits per heavy atom. The van der Waals surface area contributed by atoms with E-state index in [9.17, 15) is 9.18 Å². The van der Waals surface area contributed by atoms with Crippen molar-refractivity contribution in [3.05, 3.63) is 94.9 Å². The van der Waals surface area contributed by atoms with Gasteiger partial charge in [0.15, 0.2) is 5.78 Å². The van der Waals surface area contributed by atoms with E-state index in [0.29, 0.717) is 22.9 Å². The molecule has 0 saturated heterocycles. The van der Waals surface area contributed by atoms with Crippen molar-refractivity contribution < 1.29 is 9.18 Å². The van der Waals surface area contributed by atoms with Gasteiger partial charge in [0.2, 0.25) is 0 Å². The molecule has 0 aliphatic carbocycles. The highest BCUT2D eigenvalue weighted by Crippen LogP contribution is 2.18. The van der Waals surface area contributed by atoms with Gasteiger partial charge in [0, 0.05) is 23.3 Å². The number of benzene rings is 2. The van der Waals surface area contributed by atoms with E-state index >= 15 is 0 Å². The first kappa shape index (κ1) is 17.1. The number of nitrogens with zero attached hydrogens (tertiary/aromatic N) is 2. The van der Waals surface area contributed by atoms with Crippen LogP contribution in [-0.4, -0.2) is 17.3 Å². The molecule has 0 aliphatic heterocycles. The number of pyridine rings is 1. The molecule has 0 fully saturated rings. The number of anilines is 1. The number of Topliss-reactive ketones (excluding diaryl/α,β-unsaturated/α-hetero) is 1. The number of hydrogen-bond donors (Lipinski definition) is 0. The van der Waals surface area contributed by atoms with Crippen molar-refractivity contribution in [2.45, 2.75) is 6.54 Å². The predicted octanol–water partition coefficient (Wildman–Crippen LogP) is 4.76. The number of rotatable bonds is 6. The Bertz CT molecular complexity index is 853. The predicted molar refractivity (Wildman–Crippen MR) is 97.5 cm³/mol. The molecule has 25 heavy (non-hydrogen) atoms. The molecular weight excluding hydrogens is 339 g/mol. The highest BCUT2D eigenvalue weighted by Gasteiger charge is 2.15. The molecule has 0 saturated carbocycles. The van der Waals surface area contributed by atoms with E-state index in [1.165, 1.54) is 24.3 Å². The van der Waals surface area contributed by atoms with E-state index in [-0.39, 0.29) is 18.1 Å². The van der Waals surface area contributed by atoms with Crippen LogP contribution in [0, 0.1) is 5.82 Å². The van der Waals surface area contributed by atoms with Crippen molar-refractivity contribution in [1.29, 1.82) is 0 Å². The fourth-order valence-electron chi connectivity index (χ4n) is 2.51. The fourth-order valence-corrected chi connectivity index (χ4v) is 2.73. The zero-order valence-corrected chi connectivity index (χ0v) is 14.2. The van der Waals surface area contributed by atoms with E-state index < -0.39 is 0 Å². The molecule has 0 unspecified atom stereocenters. The maximum absolute atomic E-state index is 13.1. The zero-order valence-electron chi connectivity index (χ0n) is 13.4. The SMILES string of the molecule is O=C(CN(Cc1cccc(Cl)c1)c1ccccn1)c1ccc(F)cc1. The van der Waals surface area contributed by atoms with Gasteiger partial charge in [-0.1, -0.05) is 29.8 Å². The molecule has 3 aromatic rings. The van der Waals surface area contributed by atoms with Gasteiger partial charge in [0.1, 0.15) is 11.6 Å². The fraction of sp³-hybridized carbons (Fsp3) is 0.100. The summed E-state index contributed by atoms with van der Waals surface area (Å²) in [6.07, 6.45) is 1.68. The molecule has 0 amide bonds. The van der Waals surface area contributed by atoms with Gasteiger partial charge >= 0.3 is 0 Å². The monoisotopic (exact) mass is 354 g/mol. The van der Waals surface area contributed by atoms with Gasteiger partial charge in [-0.3, -0.25) is 4.79 Å². The molecule has 0 bridgehead atoms. The quantitative estimate of drug-likeness (QED) is 0.598. The van der Waals surface area contributed by atoms with E-state index in [1.807, 2.05) is 41.3 Å². The van der Waals surface area contributed by atoms with E-state index in [1.54, 1.807) is 12.3 Å². The van der Waals surface area contributed by atoms with Crippen molar-refractivity contribution in [3.8, 4) is 0 Å². The van der Waals surface area contributed by atoms with Crippen LogP contribution in [0.15, 0.2) is 72.9 Å². The Labute approximate surface area is 150 Å². The first-order chi connectivity index (χ1) is 12.1. The van der Waals surface area contributed by atoms with E-state index in [2.05, 4.69) is 4.98 Å². The average Bonchev–Trinajstić information content (AvgIpc) is 2.62. The maximum atomic E-state index is 13.1. The van der Waals surface area contributed by atoms with E-state index in [4.69, 9.17) is 11.6 Å². The molecular formula is C20H16ClFN2O. The van der Waals surface area contributed by atoms with Crippen LogP contribution >= 0.6 is 11.6 Å². The smallest absolute Gasteiger partial charge is 0.182 e. The van der Waals surface area contributed by atoms with Crippen LogP contribution in [0.4, 0.5) is 10.2 Å². The first-order valence-electron chi connectivity index (χ1n) is 7.81. The molecule has 1 aromatic heterocycles. The summed E-state index contributed by atoms with van der Waals surface area (Å²) < 4.78 is 13.1. The molecule has 3 rings (SSSR count). The molecule has 0 radical (unpaired) electrons. The van der Waals surface area contributed by atoms with Gasteiger partial charge in [0.25, 0.3) is 0 Å². The Balaban J connectivity index is 1.83. The standard InChI is InChI=1S/C20H16ClFN2O/c21-17-5-3-4-15(12-17)13-24(20-6-1-2-11-23-20)14-19(25)16-7-9-18(22)10-8-16/h1-12H,13-14H2. The van der Waals surface area contributed by atoms with Gasteiger partial charge in [-0.05, 0) is 54.1 Å². The zero-order chi connectivity index (χ0) is 17.6. The normalized spacial score (nSPS) is 10.5. The second-order valence-electron chi connectivity index (χ2n) is 5.60. The van der Waals surface area contributed by atoms with Gasteiger partial charge in [-0.25, -0.2) is 9.37 Å². The summed E-state index contributed by atoms with van der Waals surface area (Å²) in [5.41, 5.74) is 1.44. The largest absolute Gasteiger partial charge is 0.345 e. The van der Waals surface area contributed by atoms with Gasteiger partial charge in [0.05, 0.1) is 6.54 Å². The van der Waals surface area contributed by atoms with Crippen LogP contribution in [0.25, 0.3) is 0 Å². The number of carbonyl (C=O) groups is 1. The third kappa shape index (κ3) is 4.64. The summed E-state index contributed by atoms with van der Waals surface area (Å²) in [6.45, 7) is 0.625. The summed E-state index contributed by atoms with van der Waals surface area (Å²) in [5, 5.41) is 0.642. The molecule has 0 spiro atoms. The topological polar surface area (TPSA) is 33.2 Å². The van der Waals surface area contributed by atoms with Crippen molar-refractivity contribution in [1.82, 2.24) is 4.98 Å². The molecule has 3 nitrogen and oxygen atoms in total. The summed E-state index contributed by atoms with van der Waals surface area (Å²) in [4.78, 5) is 18.8. The minimum absolute atomic E-state index is 0.104. The van der Waals surface area contributed by atoms with Crippen LogP contribution in [0.1, 0.15) is 15.9 Å². The Hall–Kier alpha value is -2.72. The lowest BCUT2D eigenvalue weighted by Crippen LogP contribution is -2.30. The lowest BCUT2D eigenvalue weighted by Gasteiger charge is -2.23. The highest BCUT2D eigenvalue weighted by atomic mass is 35.5. The number of ketones is 1. The number of aromatic nitrogens is 1. The number of carbonyl (C=O) groups excluding carboxylic acids is 1. The molecule has 2 aromatic carbocycles. The van der Waals surface area contributed by atoms with Gasteiger partial charge < -0.3 is 4.90 Å². The molecule has 0 atom stereocenters. The maximum Gasteiger partial charge on any atom is 0.182 e. The third-order valence-electron chi connectivity index (χ3n) is 3.74. The van der Waals surface area contributed by atoms with Gasteiger partial charge in [-0.2, -0.15) is 0 Å². The van der Waals surface area contributed by atoms with Crippen LogP contribution < -0.4 is 4.90 Å². The molecule has 126 valence electrons. The Morgan fingerprint density at radius 2 is 1.84 bits per heavy atom. The summed E-state index contributed by atoms with van der Waals surface area (Å²) in [5.74, 6) is 0.225. The summed E-state index contributed by atoms with van der Waals surface area (Å²) in [6, 6.07) is 18.6. The van der Waals surface area contributed by atoms with Crippen LogP contribution in [-0.2, 0) is 6.54 Å². The van der Waals surface area contributed by atoms with Crippen molar-refractivity contribution in [3.63, 3.8) is 0 Å². The van der Waals surface area contributed by atoms with Crippen LogP contribution in [0.5, 0.6) is 0 Å². The van der Waals surface area contributed by atoms with Crippen molar-refractivity contribution >= 4 is 23.2 Å². The lowest BCUT2D eigenvalue weighted by atomic mass is 10.1. The highest BCUT2D eigenvalue weighted by molar-refractivity contribution is 6.30. The second kappa shape index (κ2) is 7.90. The number of halogens is 2. The molecule has 0 N–H and O–H groups in total. The van der Waals surface area contributed by atoms with E-state index in [0.717, 1.165) is 5.56 Å². The minimum Gasteiger partial charge on any atom is -0.345 e. The second-order valence-corrected chi connectivity index (χ2v) is 6.04.